The maximum Gasteiger partial charge on any atom is 0.240 e. The molecule has 2 aromatic rings. The zero-order valence-corrected chi connectivity index (χ0v) is 17.0. The number of rotatable bonds is 7. The summed E-state index contributed by atoms with van der Waals surface area (Å²) in [6, 6.07) is 19.4. The van der Waals surface area contributed by atoms with E-state index in [2.05, 4.69) is 17.4 Å². The highest BCUT2D eigenvalue weighted by Gasteiger charge is 2.30. The van der Waals surface area contributed by atoms with Crippen LogP contribution in [-0.4, -0.2) is 49.4 Å². The molecule has 1 atom stereocenters. The van der Waals surface area contributed by atoms with E-state index in [4.69, 9.17) is 0 Å². The van der Waals surface area contributed by atoms with Crippen LogP contribution in [0.1, 0.15) is 18.4 Å². The van der Waals surface area contributed by atoms with Gasteiger partial charge in [-0.25, -0.2) is 0 Å². The van der Waals surface area contributed by atoms with E-state index in [1.54, 1.807) is 11.9 Å². The molecule has 0 spiro atoms. The Hall–Kier alpha value is -2.37. The molecule has 0 bridgehead atoms. The van der Waals surface area contributed by atoms with E-state index < -0.39 is 6.04 Å². The van der Waals surface area contributed by atoms with Crippen LogP contribution in [-0.2, 0) is 16.0 Å². The minimum atomic E-state index is -0.436. The van der Waals surface area contributed by atoms with Crippen LogP contribution in [0.3, 0.4) is 0 Å². The number of carbonyl (C=O) groups excluding carboxylic acids is 2. The van der Waals surface area contributed by atoms with Crippen molar-refractivity contribution in [1.82, 2.24) is 10.2 Å². The Morgan fingerprint density at radius 3 is 2.43 bits per heavy atom. The highest BCUT2D eigenvalue weighted by Crippen LogP contribution is 2.15. The number of piperazine rings is 1. The van der Waals surface area contributed by atoms with Gasteiger partial charge in [0.15, 0.2) is 0 Å². The minimum absolute atomic E-state index is 0. The Balaban J connectivity index is 0.00000280. The summed E-state index contributed by atoms with van der Waals surface area (Å²) in [6.07, 6.45) is 2.07. The molecular formula is C22H28ClN3O2. The summed E-state index contributed by atoms with van der Waals surface area (Å²) in [5.41, 5.74) is 2.13. The van der Waals surface area contributed by atoms with Crippen LogP contribution < -0.4 is 10.2 Å². The highest BCUT2D eigenvalue weighted by molar-refractivity contribution is 5.97. The number of nitrogens with zero attached hydrogens (tertiary/aromatic N) is 2. The lowest BCUT2D eigenvalue weighted by atomic mass is 10.1. The summed E-state index contributed by atoms with van der Waals surface area (Å²) < 4.78 is 0. The SMILES string of the molecule is CN(C(=O)CC1NCCN(CCCc2ccccc2)C1=O)c1ccccc1.Cl. The van der Waals surface area contributed by atoms with Crippen molar-refractivity contribution in [3.05, 3.63) is 66.2 Å². The third-order valence-corrected chi connectivity index (χ3v) is 5.01. The van der Waals surface area contributed by atoms with Crippen LogP contribution in [0.2, 0.25) is 0 Å². The standard InChI is InChI=1S/C22H27N3O2.ClH/c1-24(19-12-6-3-7-13-19)21(26)17-20-22(27)25(16-14-23-20)15-8-11-18-9-4-2-5-10-18;/h2-7,9-10,12-13,20,23H,8,11,14-17H2,1H3;1H. The summed E-state index contributed by atoms with van der Waals surface area (Å²) in [5, 5.41) is 3.21. The number of hydrogen-bond acceptors (Lipinski definition) is 3. The van der Waals surface area contributed by atoms with Gasteiger partial charge in [-0.2, -0.15) is 0 Å². The number of carbonyl (C=O) groups is 2. The third kappa shape index (κ3) is 5.81. The molecule has 1 unspecified atom stereocenters. The van der Waals surface area contributed by atoms with Crippen molar-refractivity contribution in [2.45, 2.75) is 25.3 Å². The Labute approximate surface area is 173 Å². The molecule has 1 aliphatic heterocycles. The van der Waals surface area contributed by atoms with E-state index in [1.807, 2.05) is 53.4 Å². The van der Waals surface area contributed by atoms with Gasteiger partial charge in [0.25, 0.3) is 0 Å². The highest BCUT2D eigenvalue weighted by atomic mass is 35.5. The summed E-state index contributed by atoms with van der Waals surface area (Å²) in [7, 11) is 1.75. The van der Waals surface area contributed by atoms with Crippen LogP contribution in [0.15, 0.2) is 60.7 Å². The van der Waals surface area contributed by atoms with Gasteiger partial charge in [-0.15, -0.1) is 12.4 Å². The predicted molar refractivity (Wildman–Crippen MR) is 115 cm³/mol. The number of halogens is 1. The first-order chi connectivity index (χ1) is 13.1. The first-order valence-electron chi connectivity index (χ1n) is 9.53. The van der Waals surface area contributed by atoms with Gasteiger partial charge in [0.2, 0.25) is 11.8 Å². The van der Waals surface area contributed by atoms with Gasteiger partial charge in [-0.05, 0) is 30.5 Å². The van der Waals surface area contributed by atoms with E-state index in [9.17, 15) is 9.59 Å². The van der Waals surface area contributed by atoms with Gasteiger partial charge in [0.1, 0.15) is 0 Å². The van der Waals surface area contributed by atoms with Gasteiger partial charge in [0, 0.05) is 32.4 Å². The molecule has 0 saturated carbocycles. The minimum Gasteiger partial charge on any atom is -0.340 e. The average Bonchev–Trinajstić information content (AvgIpc) is 2.71. The topological polar surface area (TPSA) is 52.7 Å². The number of para-hydroxylation sites is 1. The van der Waals surface area contributed by atoms with Crippen LogP contribution >= 0.6 is 12.4 Å². The second-order valence-corrected chi connectivity index (χ2v) is 6.91. The molecule has 3 rings (SSSR count). The molecule has 0 aliphatic carbocycles. The van der Waals surface area contributed by atoms with E-state index in [0.717, 1.165) is 31.6 Å². The van der Waals surface area contributed by atoms with E-state index in [1.165, 1.54) is 5.56 Å². The average molecular weight is 402 g/mol. The van der Waals surface area contributed by atoms with E-state index >= 15 is 0 Å². The number of hydrogen-bond donors (Lipinski definition) is 1. The molecule has 6 heteroatoms. The molecule has 2 amide bonds. The second kappa shape index (κ2) is 10.8. The molecule has 1 N–H and O–H groups in total. The molecule has 5 nitrogen and oxygen atoms in total. The van der Waals surface area contributed by atoms with Crippen LogP contribution in [0.4, 0.5) is 5.69 Å². The number of aryl methyl sites for hydroxylation is 1. The smallest absolute Gasteiger partial charge is 0.240 e. The molecule has 0 radical (unpaired) electrons. The zero-order valence-electron chi connectivity index (χ0n) is 16.2. The van der Waals surface area contributed by atoms with Crippen molar-refractivity contribution in [3.8, 4) is 0 Å². The van der Waals surface area contributed by atoms with E-state index in [0.29, 0.717) is 6.54 Å². The van der Waals surface area contributed by atoms with Crippen LogP contribution in [0.25, 0.3) is 0 Å². The van der Waals surface area contributed by atoms with Crippen LogP contribution in [0, 0.1) is 0 Å². The van der Waals surface area contributed by atoms with Gasteiger partial charge in [-0.3, -0.25) is 9.59 Å². The predicted octanol–water partition coefficient (Wildman–Crippen LogP) is 2.89. The fraction of sp³-hybridized carbons (Fsp3) is 0.364. The first kappa shape index (κ1) is 21.9. The first-order valence-corrected chi connectivity index (χ1v) is 9.53. The maximum absolute atomic E-state index is 12.8. The normalized spacial score (nSPS) is 16.4. The van der Waals surface area contributed by atoms with Gasteiger partial charge < -0.3 is 15.1 Å². The number of amides is 2. The summed E-state index contributed by atoms with van der Waals surface area (Å²) >= 11 is 0. The third-order valence-electron chi connectivity index (χ3n) is 5.01. The lowest BCUT2D eigenvalue weighted by Gasteiger charge is -2.33. The molecule has 1 aliphatic rings. The fourth-order valence-electron chi connectivity index (χ4n) is 3.40. The Morgan fingerprint density at radius 2 is 1.75 bits per heavy atom. The van der Waals surface area contributed by atoms with Crippen molar-refractivity contribution in [2.75, 3.05) is 31.6 Å². The van der Waals surface area contributed by atoms with E-state index in [-0.39, 0.29) is 30.6 Å². The van der Waals surface area contributed by atoms with Gasteiger partial charge in [0.05, 0.1) is 12.5 Å². The Bertz CT molecular complexity index is 755. The maximum atomic E-state index is 12.8. The summed E-state index contributed by atoms with van der Waals surface area (Å²) in [4.78, 5) is 28.8. The fourth-order valence-corrected chi connectivity index (χ4v) is 3.40. The molecule has 1 fully saturated rings. The summed E-state index contributed by atoms with van der Waals surface area (Å²) in [6.45, 7) is 2.16. The lowest BCUT2D eigenvalue weighted by Crippen LogP contribution is -2.56. The van der Waals surface area contributed by atoms with Crippen LogP contribution in [0.5, 0.6) is 0 Å². The van der Waals surface area contributed by atoms with Crippen molar-refractivity contribution in [3.63, 3.8) is 0 Å². The molecule has 1 heterocycles. The lowest BCUT2D eigenvalue weighted by molar-refractivity contribution is -0.137. The molecule has 2 aromatic carbocycles. The number of anilines is 1. The molecule has 0 aromatic heterocycles. The zero-order chi connectivity index (χ0) is 19.1. The van der Waals surface area contributed by atoms with Crippen molar-refractivity contribution in [2.24, 2.45) is 0 Å². The monoisotopic (exact) mass is 401 g/mol. The largest absolute Gasteiger partial charge is 0.340 e. The second-order valence-electron chi connectivity index (χ2n) is 6.91. The molecule has 150 valence electrons. The Morgan fingerprint density at radius 1 is 1.11 bits per heavy atom. The van der Waals surface area contributed by atoms with Gasteiger partial charge >= 0.3 is 0 Å². The van der Waals surface area contributed by atoms with Gasteiger partial charge in [-0.1, -0.05) is 48.5 Å². The van der Waals surface area contributed by atoms with Crippen molar-refractivity contribution in [1.29, 1.82) is 0 Å². The van der Waals surface area contributed by atoms with Crippen molar-refractivity contribution >= 4 is 29.9 Å². The van der Waals surface area contributed by atoms with Crippen molar-refractivity contribution < 1.29 is 9.59 Å². The molecular weight excluding hydrogens is 374 g/mol. The Kier molecular flexibility index (Phi) is 8.48. The molecule has 28 heavy (non-hydrogen) atoms. The number of nitrogens with one attached hydrogen (secondary N) is 1. The summed E-state index contributed by atoms with van der Waals surface area (Å²) in [5.74, 6) is -0.0256. The molecule has 1 saturated heterocycles. The quantitative estimate of drug-likeness (QED) is 0.776. The number of benzene rings is 2.